The number of para-hydroxylation sites is 8. The third-order valence-corrected chi connectivity index (χ3v) is 25.8. The molecule has 0 saturated heterocycles. The SMILES string of the molecule is Cc1ccccc1N(c1ccccc1)c1ccc2cc3c(cc2c1)C1(c2ccccc2-c2ccccc21)c1cc(N(c2ccccc2)c2ccccc2C)c2ccccc2c1-3.c1ccc(N(c2ccccc2)c2ccc3cc4c(cc3c2)C2(c3ccccc3-c3ccccc32)c2cc(N(c3ccccc3)c3ccccc3)c3ccccc3c2-4)cc1. The topological polar surface area (TPSA) is 13.0 Å². The van der Waals surface area contributed by atoms with Crippen LogP contribution < -0.4 is 19.6 Å². The third-order valence-electron chi connectivity index (χ3n) is 25.8. The Morgan fingerprint density at radius 1 is 0.158 bits per heavy atom. The van der Waals surface area contributed by atoms with Crippen molar-refractivity contribution in [2.24, 2.45) is 0 Å². The van der Waals surface area contributed by atoms with Gasteiger partial charge in [0.2, 0.25) is 0 Å². The molecule has 120 heavy (non-hydrogen) atoms. The molecule has 0 unspecified atom stereocenters. The monoisotopic (exact) mass is 1530 g/mol. The minimum absolute atomic E-state index is 0.543. The van der Waals surface area contributed by atoms with E-state index in [1.54, 1.807) is 0 Å². The van der Waals surface area contributed by atoms with Crippen LogP contribution in [0.25, 0.3) is 87.6 Å². The number of fused-ring (bicyclic) bond motifs is 26. The summed E-state index contributed by atoms with van der Waals surface area (Å²) >= 11 is 0. The number of hydrogen-bond acceptors (Lipinski definition) is 4. The van der Waals surface area contributed by atoms with Crippen LogP contribution in [0.2, 0.25) is 0 Å². The second kappa shape index (κ2) is 28.2. The highest BCUT2D eigenvalue weighted by molar-refractivity contribution is 6.16. The van der Waals surface area contributed by atoms with Crippen LogP contribution in [0.15, 0.2) is 449 Å². The largest absolute Gasteiger partial charge is 0.310 e. The smallest absolute Gasteiger partial charge is 0.0726 e. The van der Waals surface area contributed by atoms with Crippen LogP contribution in [0.4, 0.5) is 68.2 Å². The van der Waals surface area contributed by atoms with Crippen LogP contribution in [0.5, 0.6) is 0 Å². The molecule has 4 heteroatoms. The van der Waals surface area contributed by atoms with Crippen molar-refractivity contribution in [1.29, 1.82) is 0 Å². The number of benzene rings is 20. The highest BCUT2D eigenvalue weighted by atomic mass is 15.2. The van der Waals surface area contributed by atoms with Crippen LogP contribution >= 0.6 is 0 Å². The van der Waals surface area contributed by atoms with Crippen molar-refractivity contribution in [3.8, 4) is 44.5 Å². The van der Waals surface area contributed by atoms with E-state index in [0.717, 1.165) is 45.5 Å². The van der Waals surface area contributed by atoms with E-state index < -0.39 is 10.8 Å². The summed E-state index contributed by atoms with van der Waals surface area (Å²) in [5, 5.41) is 9.84. The normalized spacial score (nSPS) is 12.9. The van der Waals surface area contributed by atoms with Gasteiger partial charge in [-0.05, 0) is 292 Å². The second-order valence-corrected chi connectivity index (χ2v) is 32.2. The molecule has 0 aromatic heterocycles. The quantitative estimate of drug-likeness (QED) is 0.121. The van der Waals surface area contributed by atoms with Crippen LogP contribution in [0.3, 0.4) is 0 Å². The summed E-state index contributed by atoms with van der Waals surface area (Å²) in [4.78, 5) is 9.68. The molecule has 0 N–H and O–H groups in total. The molecule has 0 saturated carbocycles. The Labute approximate surface area is 699 Å². The van der Waals surface area contributed by atoms with Gasteiger partial charge in [-0.2, -0.15) is 0 Å². The lowest BCUT2D eigenvalue weighted by atomic mass is 9.70. The first-order valence-corrected chi connectivity index (χ1v) is 41.7. The predicted octanol–water partition coefficient (Wildman–Crippen LogP) is 31.2. The van der Waals surface area contributed by atoms with Gasteiger partial charge in [-0.15, -0.1) is 0 Å². The van der Waals surface area contributed by atoms with E-state index in [-0.39, 0.29) is 0 Å². The molecular formula is C116H80N4. The molecular weight excluding hydrogens is 1450 g/mol. The van der Waals surface area contributed by atoms with Gasteiger partial charge in [-0.1, -0.05) is 303 Å². The maximum atomic E-state index is 2.54. The third kappa shape index (κ3) is 10.7. The fourth-order valence-corrected chi connectivity index (χ4v) is 20.9. The van der Waals surface area contributed by atoms with E-state index in [9.17, 15) is 0 Å². The number of rotatable bonds is 12. The fourth-order valence-electron chi connectivity index (χ4n) is 20.9. The number of hydrogen-bond donors (Lipinski definition) is 0. The summed E-state index contributed by atoms with van der Waals surface area (Å²) in [6, 6.07) is 166. The van der Waals surface area contributed by atoms with E-state index in [0.29, 0.717) is 0 Å². The molecule has 24 rings (SSSR count). The average Bonchev–Trinajstić information content (AvgIpc) is 1.50. The molecule has 2 spiro atoms. The van der Waals surface area contributed by atoms with E-state index >= 15 is 0 Å². The molecule has 0 bridgehead atoms. The van der Waals surface area contributed by atoms with Gasteiger partial charge >= 0.3 is 0 Å². The summed E-state index contributed by atoms with van der Waals surface area (Å²) in [7, 11) is 0. The van der Waals surface area contributed by atoms with E-state index in [4.69, 9.17) is 0 Å². The molecule has 0 radical (unpaired) electrons. The number of anilines is 12. The molecule has 0 atom stereocenters. The zero-order valence-corrected chi connectivity index (χ0v) is 66.5. The first-order chi connectivity index (χ1) is 59.4. The van der Waals surface area contributed by atoms with Gasteiger partial charge in [0.25, 0.3) is 0 Å². The highest BCUT2D eigenvalue weighted by Gasteiger charge is 2.55. The fraction of sp³-hybridized carbons (Fsp3) is 0.0345. The van der Waals surface area contributed by atoms with Gasteiger partial charge in [0, 0.05) is 67.6 Å². The first-order valence-electron chi connectivity index (χ1n) is 41.7. The maximum absolute atomic E-state index is 2.54. The van der Waals surface area contributed by atoms with E-state index in [1.165, 1.54) is 166 Å². The summed E-state index contributed by atoms with van der Waals surface area (Å²) in [5.74, 6) is 0. The Kier molecular flexibility index (Phi) is 16.5. The van der Waals surface area contributed by atoms with E-state index in [1.807, 2.05) is 0 Å². The Balaban J connectivity index is 0.000000140. The molecule has 564 valence electrons. The minimum Gasteiger partial charge on any atom is -0.310 e. The Morgan fingerprint density at radius 2 is 0.433 bits per heavy atom. The molecule has 4 aliphatic carbocycles. The van der Waals surface area contributed by atoms with E-state index in [2.05, 4.69) is 482 Å². The van der Waals surface area contributed by atoms with Gasteiger partial charge in [0.05, 0.1) is 22.2 Å². The lowest BCUT2D eigenvalue weighted by molar-refractivity contribution is 0.795. The van der Waals surface area contributed by atoms with Crippen molar-refractivity contribution in [2.45, 2.75) is 24.7 Å². The molecule has 4 aliphatic rings. The van der Waals surface area contributed by atoms with Gasteiger partial charge in [0.1, 0.15) is 0 Å². The Hall–Kier alpha value is -15.4. The predicted molar refractivity (Wildman–Crippen MR) is 504 cm³/mol. The summed E-state index contributed by atoms with van der Waals surface area (Å²) in [6.07, 6.45) is 0. The van der Waals surface area contributed by atoms with Crippen LogP contribution in [-0.2, 0) is 10.8 Å². The average molecular weight is 1530 g/mol. The molecule has 20 aromatic carbocycles. The molecule has 0 heterocycles. The highest BCUT2D eigenvalue weighted by Crippen LogP contribution is 2.68. The van der Waals surface area contributed by atoms with Gasteiger partial charge in [0.15, 0.2) is 0 Å². The lowest BCUT2D eigenvalue weighted by Gasteiger charge is -2.33. The molecule has 0 fully saturated rings. The molecule has 20 aromatic rings. The number of nitrogens with zero attached hydrogens (tertiary/aromatic N) is 4. The van der Waals surface area contributed by atoms with Gasteiger partial charge in [-0.25, -0.2) is 0 Å². The summed E-state index contributed by atoms with van der Waals surface area (Å²) < 4.78 is 0. The summed E-state index contributed by atoms with van der Waals surface area (Å²) in [6.45, 7) is 4.42. The van der Waals surface area contributed by atoms with Crippen molar-refractivity contribution < 1.29 is 0 Å². The lowest BCUT2D eigenvalue weighted by Crippen LogP contribution is -2.26. The first kappa shape index (κ1) is 70.1. The van der Waals surface area contributed by atoms with Crippen LogP contribution in [0.1, 0.15) is 55.6 Å². The maximum Gasteiger partial charge on any atom is 0.0726 e. The summed E-state index contributed by atoms with van der Waals surface area (Å²) in [5.41, 5.74) is 36.1. The number of aryl methyl sites for hydroxylation is 2. The Bertz CT molecular complexity index is 7280. The van der Waals surface area contributed by atoms with Crippen molar-refractivity contribution in [2.75, 3.05) is 19.6 Å². The molecule has 0 aliphatic heterocycles. The molecule has 0 amide bonds. The van der Waals surface area contributed by atoms with Crippen molar-refractivity contribution in [3.05, 3.63) is 505 Å². The van der Waals surface area contributed by atoms with Crippen molar-refractivity contribution >= 4 is 111 Å². The van der Waals surface area contributed by atoms with Gasteiger partial charge in [-0.3, -0.25) is 0 Å². The zero-order chi connectivity index (χ0) is 79.6. The second-order valence-electron chi connectivity index (χ2n) is 32.2. The van der Waals surface area contributed by atoms with Crippen LogP contribution in [0, 0.1) is 13.8 Å². The van der Waals surface area contributed by atoms with Crippen molar-refractivity contribution in [3.63, 3.8) is 0 Å². The van der Waals surface area contributed by atoms with Gasteiger partial charge < -0.3 is 19.6 Å². The standard InChI is InChI=1S/C59H42N2.C57H38N2/c1-39-19-9-17-31-55(39)60(43-21-5-3-6-22-43)45-34-33-41-36-50-53(37-42(41)35-45)59(51-29-15-13-25-46(51)47-26-14-16-30-52(47)59)54-38-57(48-27-11-12-28-49(48)58(50)54)61(44-23-7-4-8-24-44)56-32-18-10-20-40(56)2;1-5-19-41(20-6-1)58(42-21-7-2-8-22-42)45-34-33-39-36-50-53(37-40(39)35-45)57(51-31-17-15-27-46(51)47-28-16-18-32-52(47)57)54-38-55(48-29-13-14-30-49(48)56(50)54)59(43-23-9-3-10-24-43)44-25-11-4-12-26-44/h3-38H,1-2H3;1-38H. The Morgan fingerprint density at radius 3 is 0.800 bits per heavy atom. The zero-order valence-electron chi connectivity index (χ0n) is 66.5. The minimum atomic E-state index is -0.552. The molecule has 4 nitrogen and oxygen atoms in total. The van der Waals surface area contributed by atoms with Crippen molar-refractivity contribution in [1.82, 2.24) is 0 Å². The van der Waals surface area contributed by atoms with Crippen LogP contribution in [-0.4, -0.2) is 0 Å².